The Morgan fingerprint density at radius 2 is 2.00 bits per heavy atom. The molecule has 0 saturated carbocycles. The molecular weight excluding hydrogens is 380 g/mol. The molecule has 1 aromatic heterocycles. The molecule has 1 amide bonds. The summed E-state index contributed by atoms with van der Waals surface area (Å²) >= 11 is 0. The molecule has 30 heavy (non-hydrogen) atoms. The van der Waals surface area contributed by atoms with Gasteiger partial charge in [-0.05, 0) is 54.3 Å². The first-order valence-electron chi connectivity index (χ1n) is 9.85. The van der Waals surface area contributed by atoms with Crippen LogP contribution >= 0.6 is 0 Å². The van der Waals surface area contributed by atoms with E-state index in [0.29, 0.717) is 49.7 Å². The molecule has 1 aliphatic heterocycles. The highest BCUT2D eigenvalue weighted by Crippen LogP contribution is 2.31. The summed E-state index contributed by atoms with van der Waals surface area (Å²) in [7, 11) is 0. The van der Waals surface area contributed by atoms with Crippen molar-refractivity contribution in [3.63, 3.8) is 0 Å². The van der Waals surface area contributed by atoms with Crippen LogP contribution in [0.4, 0.5) is 11.4 Å². The lowest BCUT2D eigenvalue weighted by atomic mass is 9.89. The van der Waals surface area contributed by atoms with Crippen molar-refractivity contribution in [1.82, 2.24) is 4.98 Å². The quantitative estimate of drug-likeness (QED) is 0.848. The fraction of sp³-hybridized carbons (Fsp3) is 0.304. The van der Waals surface area contributed by atoms with Gasteiger partial charge in [-0.1, -0.05) is 6.07 Å². The van der Waals surface area contributed by atoms with Crippen molar-refractivity contribution in [2.24, 2.45) is 0 Å². The van der Waals surface area contributed by atoms with Gasteiger partial charge in [-0.25, -0.2) is 4.98 Å². The third-order valence-corrected chi connectivity index (χ3v) is 5.46. The maximum Gasteiger partial charge on any atom is 0.257 e. The smallest absolute Gasteiger partial charge is 0.257 e. The number of allylic oxidation sites excluding steroid dienone is 2. The van der Waals surface area contributed by atoms with Crippen LogP contribution in [0.1, 0.15) is 39.7 Å². The molecule has 152 valence electrons. The number of aryl methyl sites for hydroxylation is 1. The van der Waals surface area contributed by atoms with Gasteiger partial charge in [0.1, 0.15) is 11.8 Å². The Balaban J connectivity index is 1.68. The zero-order valence-corrected chi connectivity index (χ0v) is 17.0. The highest BCUT2D eigenvalue weighted by atomic mass is 16.5. The number of carbonyl (C=O) groups excluding carboxylic acids is 2. The molecule has 2 heterocycles. The molecule has 1 N–H and O–H groups in total. The summed E-state index contributed by atoms with van der Waals surface area (Å²) < 4.78 is 5.40. The molecule has 7 nitrogen and oxygen atoms in total. The van der Waals surface area contributed by atoms with Gasteiger partial charge in [-0.15, -0.1) is 0 Å². The average Bonchev–Trinajstić information content (AvgIpc) is 2.74. The number of ether oxygens (including phenoxy) is 1. The highest BCUT2D eigenvalue weighted by molar-refractivity contribution is 6.09. The average molecular weight is 402 g/mol. The van der Waals surface area contributed by atoms with Gasteiger partial charge in [0.15, 0.2) is 5.78 Å². The number of nitrogens with one attached hydrogen (secondary N) is 1. The van der Waals surface area contributed by atoms with Crippen molar-refractivity contribution in [2.45, 2.75) is 20.3 Å². The van der Waals surface area contributed by atoms with Gasteiger partial charge in [0.05, 0.1) is 30.7 Å². The van der Waals surface area contributed by atoms with E-state index in [1.54, 1.807) is 12.3 Å². The number of anilines is 2. The van der Waals surface area contributed by atoms with Gasteiger partial charge in [-0.3, -0.25) is 9.59 Å². The van der Waals surface area contributed by atoms with Crippen LogP contribution in [0.2, 0.25) is 0 Å². The van der Waals surface area contributed by atoms with Crippen LogP contribution in [0, 0.1) is 18.3 Å². The summed E-state index contributed by atoms with van der Waals surface area (Å²) in [5.41, 5.74) is 5.68. The molecule has 1 aromatic carbocycles. The molecule has 1 aliphatic carbocycles. The lowest BCUT2D eigenvalue weighted by molar-refractivity contribution is -0.114. The monoisotopic (exact) mass is 402 g/mol. The van der Waals surface area contributed by atoms with E-state index in [1.165, 1.54) is 6.07 Å². The topological polar surface area (TPSA) is 95.3 Å². The number of ketones is 1. The maximum absolute atomic E-state index is 13.2. The first-order valence-corrected chi connectivity index (χ1v) is 9.85. The number of hydrogen-bond donors (Lipinski definition) is 1. The normalized spacial score (nSPS) is 15.8. The third-order valence-electron chi connectivity index (χ3n) is 5.46. The number of morpholine rings is 1. The van der Waals surface area contributed by atoms with Crippen molar-refractivity contribution >= 4 is 28.6 Å². The highest BCUT2D eigenvalue weighted by Gasteiger charge is 2.22. The fourth-order valence-corrected chi connectivity index (χ4v) is 3.91. The molecule has 1 fully saturated rings. The van der Waals surface area contributed by atoms with Crippen LogP contribution in [-0.2, 0) is 16.0 Å². The van der Waals surface area contributed by atoms with E-state index in [2.05, 4.69) is 10.3 Å². The molecule has 4 rings (SSSR count). The van der Waals surface area contributed by atoms with Gasteiger partial charge in [-0.2, -0.15) is 5.26 Å². The maximum atomic E-state index is 13.2. The molecule has 2 aliphatic rings. The number of nitrogens with zero attached hydrogens (tertiary/aromatic N) is 3. The number of nitriles is 1. The first-order chi connectivity index (χ1) is 14.5. The number of fused-ring (bicyclic) bond motifs is 1. The number of benzene rings is 1. The van der Waals surface area contributed by atoms with Crippen molar-refractivity contribution in [2.75, 3.05) is 36.5 Å². The molecule has 7 heteroatoms. The van der Waals surface area contributed by atoms with E-state index in [9.17, 15) is 14.9 Å². The molecule has 0 radical (unpaired) electrons. The van der Waals surface area contributed by atoms with Crippen molar-refractivity contribution in [3.05, 3.63) is 58.4 Å². The molecule has 0 bridgehead atoms. The number of aromatic nitrogens is 1. The van der Waals surface area contributed by atoms with Crippen LogP contribution in [0.25, 0.3) is 5.57 Å². The number of carbonyl (C=O) groups is 2. The van der Waals surface area contributed by atoms with Crippen LogP contribution in [0.3, 0.4) is 0 Å². The van der Waals surface area contributed by atoms with Gasteiger partial charge < -0.3 is 15.0 Å². The molecular formula is C23H22N4O3. The van der Waals surface area contributed by atoms with Crippen LogP contribution in [0.5, 0.6) is 0 Å². The summed E-state index contributed by atoms with van der Waals surface area (Å²) in [5.74, 6) is -0.209. The Labute approximate surface area is 175 Å². The Kier molecular flexibility index (Phi) is 5.34. The Morgan fingerprint density at radius 3 is 2.73 bits per heavy atom. The second-order valence-electron chi connectivity index (χ2n) is 7.55. The van der Waals surface area contributed by atoms with Crippen LogP contribution in [-0.4, -0.2) is 43.0 Å². The lowest BCUT2D eigenvalue weighted by Crippen LogP contribution is -2.37. The molecule has 1 saturated heterocycles. The van der Waals surface area contributed by atoms with E-state index in [1.807, 2.05) is 36.9 Å². The summed E-state index contributed by atoms with van der Waals surface area (Å²) in [5, 5.41) is 12.2. The summed E-state index contributed by atoms with van der Waals surface area (Å²) in [6, 6.07) is 7.40. The zero-order chi connectivity index (χ0) is 21.3. The standard InChI is InChI=1S/C23H22N4O3/c1-14-8-18(28)9-16-7-15(2)21(11-19(14)16)26-23(29)20-10-17(12-24)25-13-22(20)27-3-5-30-6-4-27/h7-8,10-11,13H,3-6,9H2,1-2H3,(H,26,29). The second-order valence-corrected chi connectivity index (χ2v) is 7.55. The van der Waals surface area contributed by atoms with Crippen LogP contribution in [0.15, 0.2) is 30.5 Å². The fourth-order valence-electron chi connectivity index (χ4n) is 3.91. The molecule has 0 unspecified atom stereocenters. The summed E-state index contributed by atoms with van der Waals surface area (Å²) in [4.78, 5) is 31.3. The predicted molar refractivity (Wildman–Crippen MR) is 113 cm³/mol. The number of amides is 1. The Hall–Kier alpha value is -3.50. The molecule has 2 aromatic rings. The largest absolute Gasteiger partial charge is 0.378 e. The zero-order valence-electron chi connectivity index (χ0n) is 17.0. The van der Waals surface area contributed by atoms with Crippen molar-refractivity contribution in [3.8, 4) is 6.07 Å². The second kappa shape index (κ2) is 8.09. The Morgan fingerprint density at radius 1 is 1.23 bits per heavy atom. The molecule has 0 atom stereocenters. The van der Waals surface area contributed by atoms with E-state index < -0.39 is 0 Å². The van der Waals surface area contributed by atoms with E-state index >= 15 is 0 Å². The number of pyridine rings is 1. The van der Waals surface area contributed by atoms with Crippen molar-refractivity contribution in [1.29, 1.82) is 5.26 Å². The summed E-state index contributed by atoms with van der Waals surface area (Å²) in [6.07, 6.45) is 3.59. The van der Waals surface area contributed by atoms with Gasteiger partial charge in [0.2, 0.25) is 0 Å². The lowest BCUT2D eigenvalue weighted by Gasteiger charge is -2.30. The van der Waals surface area contributed by atoms with E-state index in [-0.39, 0.29) is 17.4 Å². The van der Waals surface area contributed by atoms with E-state index in [0.717, 1.165) is 22.3 Å². The minimum absolute atomic E-state index is 0.0900. The minimum atomic E-state index is -0.299. The molecule has 0 spiro atoms. The van der Waals surface area contributed by atoms with Gasteiger partial charge in [0, 0.05) is 25.2 Å². The third kappa shape index (κ3) is 3.82. The van der Waals surface area contributed by atoms with E-state index in [4.69, 9.17) is 4.74 Å². The van der Waals surface area contributed by atoms with Crippen LogP contribution < -0.4 is 10.2 Å². The minimum Gasteiger partial charge on any atom is -0.378 e. The van der Waals surface area contributed by atoms with Gasteiger partial charge in [0.25, 0.3) is 5.91 Å². The number of hydrogen-bond acceptors (Lipinski definition) is 6. The summed E-state index contributed by atoms with van der Waals surface area (Å²) in [6.45, 7) is 6.28. The number of rotatable bonds is 3. The SMILES string of the molecule is CC1=CC(=O)Cc2cc(C)c(NC(=O)c3cc(C#N)ncc3N3CCOCC3)cc21. The Bertz CT molecular complexity index is 1110. The van der Waals surface area contributed by atoms with Crippen molar-refractivity contribution < 1.29 is 14.3 Å². The first kappa shape index (κ1) is 19.8. The predicted octanol–water partition coefficient (Wildman–Crippen LogP) is 2.88. The van der Waals surface area contributed by atoms with Gasteiger partial charge >= 0.3 is 0 Å².